The zero-order chi connectivity index (χ0) is 9.40. The van der Waals surface area contributed by atoms with Gasteiger partial charge in [0.25, 0.3) is 0 Å². The molecule has 0 radical (unpaired) electrons. The van der Waals surface area contributed by atoms with Crippen molar-refractivity contribution in [3.63, 3.8) is 0 Å². The molecule has 1 unspecified atom stereocenters. The Hall–Kier alpha value is -0.770. The molecule has 72 valence electrons. The molecule has 4 heteroatoms. The molecule has 0 spiro atoms. The number of carbonyl (C=O) groups is 1. The van der Waals surface area contributed by atoms with Gasteiger partial charge in [0.1, 0.15) is 0 Å². The smallest absolute Gasteiger partial charge is 0.435 e. The number of hydrogen-bond acceptors (Lipinski definition) is 4. The molecule has 0 aliphatic carbocycles. The van der Waals surface area contributed by atoms with Crippen molar-refractivity contribution in [1.82, 2.24) is 0 Å². The molecule has 0 amide bonds. The lowest BCUT2D eigenvalue weighted by atomic mass is 10.5. The zero-order valence-electron chi connectivity index (χ0n) is 7.83. The molecule has 0 rings (SSSR count). The van der Waals surface area contributed by atoms with Gasteiger partial charge in [0.15, 0.2) is 0 Å². The minimum Gasteiger partial charge on any atom is -0.435 e. The van der Waals surface area contributed by atoms with E-state index in [1.54, 1.807) is 6.92 Å². The highest BCUT2D eigenvalue weighted by atomic mass is 16.8. The molecule has 0 N–H and O–H groups in total. The maximum atomic E-state index is 10.8. The summed E-state index contributed by atoms with van der Waals surface area (Å²) in [4.78, 5) is 10.8. The van der Waals surface area contributed by atoms with Crippen LogP contribution in [0.2, 0.25) is 0 Å². The predicted molar refractivity (Wildman–Crippen MR) is 43.8 cm³/mol. The molecule has 4 nitrogen and oxygen atoms in total. The Balaban J connectivity index is 3.61. The van der Waals surface area contributed by atoms with E-state index >= 15 is 0 Å². The van der Waals surface area contributed by atoms with Crippen LogP contribution in [-0.2, 0) is 14.2 Å². The summed E-state index contributed by atoms with van der Waals surface area (Å²) >= 11 is 0. The normalized spacial score (nSPS) is 12.2. The van der Waals surface area contributed by atoms with Crippen LogP contribution in [0.3, 0.4) is 0 Å². The topological polar surface area (TPSA) is 44.8 Å². The van der Waals surface area contributed by atoms with Crippen LogP contribution in [0.25, 0.3) is 0 Å². The molecular formula is C8H16O4. The Labute approximate surface area is 72.8 Å². The minimum absolute atomic E-state index is 0.321. The van der Waals surface area contributed by atoms with Crippen LogP contribution in [0.1, 0.15) is 27.2 Å². The highest BCUT2D eigenvalue weighted by molar-refractivity contribution is 5.59. The van der Waals surface area contributed by atoms with Crippen LogP contribution in [0.5, 0.6) is 0 Å². The molecule has 0 bridgehead atoms. The first-order valence-corrected chi connectivity index (χ1v) is 4.19. The first kappa shape index (κ1) is 11.2. The molecule has 12 heavy (non-hydrogen) atoms. The van der Waals surface area contributed by atoms with Crippen LogP contribution < -0.4 is 0 Å². The minimum atomic E-state index is -0.669. The van der Waals surface area contributed by atoms with Gasteiger partial charge in [-0.15, -0.1) is 0 Å². The van der Waals surface area contributed by atoms with E-state index in [0.717, 1.165) is 0 Å². The molecule has 1 atom stereocenters. The van der Waals surface area contributed by atoms with Gasteiger partial charge in [-0.3, -0.25) is 0 Å². The van der Waals surface area contributed by atoms with Gasteiger partial charge in [-0.05, 0) is 13.8 Å². The largest absolute Gasteiger partial charge is 0.510 e. The third-order valence-corrected chi connectivity index (χ3v) is 1.18. The molecule has 0 aromatic heterocycles. The van der Waals surface area contributed by atoms with E-state index in [-0.39, 0.29) is 0 Å². The predicted octanol–water partition coefficient (Wildman–Crippen LogP) is 1.93. The fourth-order valence-electron chi connectivity index (χ4n) is 0.680. The highest BCUT2D eigenvalue weighted by Gasteiger charge is 2.11. The van der Waals surface area contributed by atoms with Gasteiger partial charge in [0.05, 0.1) is 6.61 Å². The molecular weight excluding hydrogens is 160 g/mol. The average Bonchev–Trinajstić information content (AvgIpc) is 2.04. The van der Waals surface area contributed by atoms with Gasteiger partial charge >= 0.3 is 6.16 Å². The molecule has 0 aliphatic rings. The van der Waals surface area contributed by atoms with E-state index in [0.29, 0.717) is 19.6 Å². The summed E-state index contributed by atoms with van der Waals surface area (Å²) in [6.07, 6.45) is -0.515. The number of rotatable bonds is 5. The maximum Gasteiger partial charge on any atom is 0.510 e. The second kappa shape index (κ2) is 6.91. The molecule has 0 fully saturated rings. The van der Waals surface area contributed by atoms with Gasteiger partial charge in [-0.2, -0.15) is 0 Å². The van der Waals surface area contributed by atoms with Gasteiger partial charge in [0, 0.05) is 13.0 Å². The Bertz CT molecular complexity index is 124. The molecule has 0 saturated carbocycles. The van der Waals surface area contributed by atoms with Crippen molar-refractivity contribution in [3.05, 3.63) is 0 Å². The summed E-state index contributed by atoms with van der Waals surface area (Å²) in [6, 6.07) is 0. The number of carbonyl (C=O) groups excluding carboxylic acids is 1. The van der Waals surface area contributed by atoms with Gasteiger partial charge in [0.2, 0.25) is 6.29 Å². The maximum absolute atomic E-state index is 10.8. The van der Waals surface area contributed by atoms with E-state index in [1.807, 2.05) is 13.8 Å². The summed E-state index contributed by atoms with van der Waals surface area (Å²) in [5.41, 5.74) is 0. The average molecular weight is 176 g/mol. The summed E-state index contributed by atoms with van der Waals surface area (Å²) in [7, 11) is 0. The van der Waals surface area contributed by atoms with Crippen molar-refractivity contribution in [2.75, 3.05) is 13.2 Å². The van der Waals surface area contributed by atoms with E-state index in [9.17, 15) is 4.79 Å². The SMILES string of the molecule is CCOC(=O)OC(CC)OCC. The molecule has 0 heterocycles. The van der Waals surface area contributed by atoms with Gasteiger partial charge < -0.3 is 14.2 Å². The van der Waals surface area contributed by atoms with Crippen molar-refractivity contribution in [1.29, 1.82) is 0 Å². The third kappa shape index (κ3) is 4.96. The Morgan fingerprint density at radius 3 is 2.33 bits per heavy atom. The zero-order valence-corrected chi connectivity index (χ0v) is 7.83. The first-order valence-electron chi connectivity index (χ1n) is 4.19. The van der Waals surface area contributed by atoms with E-state index in [2.05, 4.69) is 4.74 Å². The van der Waals surface area contributed by atoms with Gasteiger partial charge in [-0.1, -0.05) is 6.92 Å². The second-order valence-corrected chi connectivity index (χ2v) is 2.09. The van der Waals surface area contributed by atoms with Crippen molar-refractivity contribution in [3.8, 4) is 0 Å². The second-order valence-electron chi connectivity index (χ2n) is 2.09. The molecule has 0 saturated heterocycles. The lowest BCUT2D eigenvalue weighted by Crippen LogP contribution is -2.21. The fourth-order valence-corrected chi connectivity index (χ4v) is 0.680. The lowest BCUT2D eigenvalue weighted by molar-refractivity contribution is -0.119. The molecule has 0 aromatic carbocycles. The number of hydrogen-bond donors (Lipinski definition) is 0. The standard InChI is InChI=1S/C8H16O4/c1-4-7(10-5-2)12-8(9)11-6-3/h7H,4-6H2,1-3H3. The van der Waals surface area contributed by atoms with Crippen LogP contribution in [0.15, 0.2) is 0 Å². The summed E-state index contributed by atoms with van der Waals surface area (Å²) in [5.74, 6) is 0. The monoisotopic (exact) mass is 176 g/mol. The third-order valence-electron chi connectivity index (χ3n) is 1.18. The van der Waals surface area contributed by atoms with Crippen LogP contribution >= 0.6 is 0 Å². The fraction of sp³-hybridized carbons (Fsp3) is 0.875. The van der Waals surface area contributed by atoms with E-state index < -0.39 is 12.4 Å². The van der Waals surface area contributed by atoms with Crippen molar-refractivity contribution < 1.29 is 19.0 Å². The van der Waals surface area contributed by atoms with Crippen LogP contribution in [-0.4, -0.2) is 25.7 Å². The highest BCUT2D eigenvalue weighted by Crippen LogP contribution is 2.01. The van der Waals surface area contributed by atoms with Gasteiger partial charge in [-0.25, -0.2) is 4.79 Å². The number of ether oxygens (including phenoxy) is 3. The quantitative estimate of drug-likeness (QED) is 0.474. The Kier molecular flexibility index (Phi) is 6.47. The lowest BCUT2D eigenvalue weighted by Gasteiger charge is -2.14. The Morgan fingerprint density at radius 2 is 1.92 bits per heavy atom. The van der Waals surface area contributed by atoms with Crippen molar-refractivity contribution in [2.24, 2.45) is 0 Å². The van der Waals surface area contributed by atoms with E-state index in [4.69, 9.17) is 9.47 Å². The summed E-state index contributed by atoms with van der Waals surface area (Å²) in [5, 5.41) is 0. The van der Waals surface area contributed by atoms with E-state index in [1.165, 1.54) is 0 Å². The summed E-state index contributed by atoms with van der Waals surface area (Å²) < 4.78 is 14.5. The molecule has 0 aliphatic heterocycles. The van der Waals surface area contributed by atoms with Crippen LogP contribution in [0.4, 0.5) is 4.79 Å². The van der Waals surface area contributed by atoms with Crippen molar-refractivity contribution in [2.45, 2.75) is 33.5 Å². The van der Waals surface area contributed by atoms with Crippen LogP contribution in [0, 0.1) is 0 Å². The first-order chi connectivity index (χ1) is 5.74. The molecule has 0 aromatic rings. The van der Waals surface area contributed by atoms with Crippen molar-refractivity contribution >= 4 is 6.16 Å². The Morgan fingerprint density at radius 1 is 1.25 bits per heavy atom. The summed E-state index contributed by atoms with van der Waals surface area (Å²) in [6.45, 7) is 6.29.